The van der Waals surface area contributed by atoms with Gasteiger partial charge in [0, 0.05) is 25.2 Å². The molecule has 0 amide bonds. The molecule has 33 heavy (non-hydrogen) atoms. The Balaban J connectivity index is 1.72. The molecule has 0 heterocycles. The largest absolute Gasteiger partial charge is 0.458 e. The molecule has 0 aromatic carbocycles. The first-order valence-corrected chi connectivity index (χ1v) is 12.3. The fourth-order valence-electron chi connectivity index (χ4n) is 7.91. The SMILES string of the molecule is CCC(=O)O[C@@]1(C(=O)COC(C)=O)CC[C@H]2[C@@H]3CCC4=CC(=O)CC[C@@]4(C)[C@H]3[C@@H](O)C[C@]21C. The van der Waals surface area contributed by atoms with Crippen LogP contribution in [-0.2, 0) is 28.7 Å². The van der Waals surface area contributed by atoms with Crippen molar-refractivity contribution < 1.29 is 33.8 Å². The van der Waals surface area contributed by atoms with E-state index in [2.05, 4.69) is 6.92 Å². The van der Waals surface area contributed by atoms with E-state index in [1.807, 2.05) is 6.92 Å². The summed E-state index contributed by atoms with van der Waals surface area (Å²) < 4.78 is 11.0. The molecule has 0 unspecified atom stereocenters. The standard InChI is InChI=1S/C26H36O7/c1-5-22(31)33-26(21(30)14-32-15(2)27)11-9-19-18-7-6-16-12-17(28)8-10-24(16,3)23(18)20(29)13-25(19,26)4/h12,18-20,23,29H,5-11,13-14H2,1-4H3/t18-,19-,20-,23+,24+,25+,26+/m0/s1. The zero-order valence-corrected chi connectivity index (χ0v) is 20.1. The van der Waals surface area contributed by atoms with Gasteiger partial charge < -0.3 is 14.6 Å². The van der Waals surface area contributed by atoms with Gasteiger partial charge >= 0.3 is 11.9 Å². The molecule has 7 heteroatoms. The first kappa shape index (κ1) is 24.1. The minimum Gasteiger partial charge on any atom is -0.458 e. The molecule has 0 radical (unpaired) electrons. The molecular weight excluding hydrogens is 424 g/mol. The molecule has 0 spiro atoms. The fourth-order valence-corrected chi connectivity index (χ4v) is 7.91. The van der Waals surface area contributed by atoms with Crippen LogP contribution in [0.15, 0.2) is 11.6 Å². The summed E-state index contributed by atoms with van der Waals surface area (Å²) in [5, 5.41) is 11.6. The van der Waals surface area contributed by atoms with Crippen LogP contribution in [0.5, 0.6) is 0 Å². The van der Waals surface area contributed by atoms with E-state index < -0.39 is 41.4 Å². The zero-order chi connectivity index (χ0) is 24.2. The monoisotopic (exact) mass is 460 g/mol. The second kappa shape index (κ2) is 8.33. The summed E-state index contributed by atoms with van der Waals surface area (Å²) >= 11 is 0. The highest BCUT2D eigenvalue weighted by Crippen LogP contribution is 2.68. The van der Waals surface area contributed by atoms with Crippen LogP contribution in [0.4, 0.5) is 0 Å². The van der Waals surface area contributed by atoms with Crippen LogP contribution in [0.25, 0.3) is 0 Å². The van der Waals surface area contributed by atoms with Crippen LogP contribution in [0.3, 0.4) is 0 Å². The summed E-state index contributed by atoms with van der Waals surface area (Å²) in [7, 11) is 0. The number of hydrogen-bond donors (Lipinski definition) is 1. The maximum Gasteiger partial charge on any atom is 0.306 e. The Morgan fingerprint density at radius 3 is 2.55 bits per heavy atom. The van der Waals surface area contributed by atoms with Crippen LogP contribution in [0, 0.1) is 28.6 Å². The van der Waals surface area contributed by atoms with E-state index in [9.17, 15) is 24.3 Å². The van der Waals surface area contributed by atoms with Gasteiger partial charge in [0.2, 0.25) is 5.78 Å². The molecule has 0 saturated heterocycles. The summed E-state index contributed by atoms with van der Waals surface area (Å²) in [6, 6.07) is 0. The first-order chi connectivity index (χ1) is 15.5. The van der Waals surface area contributed by atoms with Crippen molar-refractivity contribution in [1.82, 2.24) is 0 Å². The third kappa shape index (κ3) is 3.58. The van der Waals surface area contributed by atoms with Crippen molar-refractivity contribution in [3.05, 3.63) is 11.6 Å². The average molecular weight is 461 g/mol. The quantitative estimate of drug-likeness (QED) is 0.627. The van der Waals surface area contributed by atoms with Crippen LogP contribution >= 0.6 is 0 Å². The van der Waals surface area contributed by atoms with Gasteiger partial charge in [0.05, 0.1) is 6.10 Å². The molecule has 3 fully saturated rings. The lowest BCUT2D eigenvalue weighted by atomic mass is 9.45. The van der Waals surface area contributed by atoms with Crippen LogP contribution < -0.4 is 0 Å². The van der Waals surface area contributed by atoms with E-state index in [0.717, 1.165) is 24.8 Å². The van der Waals surface area contributed by atoms with Crippen molar-refractivity contribution >= 4 is 23.5 Å². The van der Waals surface area contributed by atoms with Crippen LogP contribution in [0.1, 0.15) is 79.1 Å². The highest BCUT2D eigenvalue weighted by atomic mass is 16.6. The van der Waals surface area contributed by atoms with Gasteiger partial charge in [-0.25, -0.2) is 0 Å². The Bertz CT molecular complexity index is 906. The van der Waals surface area contributed by atoms with E-state index in [-0.39, 0.29) is 35.4 Å². The van der Waals surface area contributed by atoms with Gasteiger partial charge in [-0.3, -0.25) is 19.2 Å². The number of ether oxygens (including phenoxy) is 2. The number of esters is 2. The predicted octanol–water partition coefficient (Wildman–Crippen LogP) is 3.31. The van der Waals surface area contributed by atoms with Crippen molar-refractivity contribution in [3.8, 4) is 0 Å². The molecule has 7 nitrogen and oxygen atoms in total. The second-order valence-electron chi connectivity index (χ2n) is 11.0. The molecule has 4 aliphatic rings. The van der Waals surface area contributed by atoms with Crippen molar-refractivity contribution in [3.63, 3.8) is 0 Å². The number of carbonyl (C=O) groups excluding carboxylic acids is 4. The highest BCUT2D eigenvalue weighted by Gasteiger charge is 2.70. The lowest BCUT2D eigenvalue weighted by Gasteiger charge is -2.60. The lowest BCUT2D eigenvalue weighted by molar-refractivity contribution is -0.202. The van der Waals surface area contributed by atoms with E-state index in [1.165, 1.54) is 6.92 Å². The average Bonchev–Trinajstić information content (AvgIpc) is 3.04. The lowest BCUT2D eigenvalue weighted by Crippen LogP contribution is -2.63. The van der Waals surface area contributed by atoms with Crippen molar-refractivity contribution in [2.75, 3.05) is 6.61 Å². The Morgan fingerprint density at radius 2 is 1.88 bits per heavy atom. The summed E-state index contributed by atoms with van der Waals surface area (Å²) in [6.45, 7) is 6.64. The van der Waals surface area contributed by atoms with Crippen molar-refractivity contribution in [2.24, 2.45) is 28.6 Å². The number of hydrogen-bond acceptors (Lipinski definition) is 7. The number of rotatable bonds is 5. The third-order valence-corrected chi connectivity index (χ3v) is 9.45. The topological polar surface area (TPSA) is 107 Å². The number of aliphatic hydroxyl groups excluding tert-OH is 1. The summed E-state index contributed by atoms with van der Waals surface area (Å²) in [5.74, 6) is -0.999. The van der Waals surface area contributed by atoms with Gasteiger partial charge in [-0.05, 0) is 67.8 Å². The maximum atomic E-state index is 13.5. The minimum atomic E-state index is -1.41. The van der Waals surface area contributed by atoms with E-state index >= 15 is 0 Å². The van der Waals surface area contributed by atoms with Gasteiger partial charge in [0.25, 0.3) is 0 Å². The Kier molecular flexibility index (Phi) is 6.09. The number of carbonyl (C=O) groups is 4. The molecular formula is C26H36O7. The number of allylic oxidation sites excluding steroid dienone is 1. The van der Waals surface area contributed by atoms with E-state index in [0.29, 0.717) is 25.7 Å². The minimum absolute atomic E-state index is 0.00456. The molecule has 1 N–H and O–H groups in total. The molecule has 0 aliphatic heterocycles. The van der Waals surface area contributed by atoms with Gasteiger partial charge in [0.1, 0.15) is 0 Å². The summed E-state index contributed by atoms with van der Waals surface area (Å²) in [6.07, 6.45) is 5.55. The summed E-state index contributed by atoms with van der Waals surface area (Å²) in [4.78, 5) is 49.4. The highest BCUT2D eigenvalue weighted by molar-refractivity contribution is 5.93. The molecule has 182 valence electrons. The van der Waals surface area contributed by atoms with Gasteiger partial charge in [-0.1, -0.05) is 26.3 Å². The van der Waals surface area contributed by atoms with Crippen molar-refractivity contribution in [2.45, 2.75) is 90.8 Å². The Hall–Kier alpha value is -2.02. The number of Topliss-reactive ketones (excluding diaryl/α,β-unsaturated/α-hetero) is 1. The number of ketones is 2. The zero-order valence-electron chi connectivity index (χ0n) is 20.1. The van der Waals surface area contributed by atoms with Gasteiger partial charge in [-0.2, -0.15) is 0 Å². The predicted molar refractivity (Wildman–Crippen MR) is 119 cm³/mol. The molecule has 7 atom stereocenters. The first-order valence-electron chi connectivity index (χ1n) is 12.3. The normalized spacial score (nSPS) is 41.8. The van der Waals surface area contributed by atoms with Crippen LogP contribution in [-0.4, -0.2) is 46.9 Å². The van der Waals surface area contributed by atoms with Gasteiger partial charge in [-0.15, -0.1) is 0 Å². The molecule has 4 rings (SSSR count). The number of fused-ring (bicyclic) bond motifs is 5. The molecule has 4 aliphatic carbocycles. The molecule has 0 bridgehead atoms. The Morgan fingerprint density at radius 1 is 1.15 bits per heavy atom. The van der Waals surface area contributed by atoms with Crippen LogP contribution in [0.2, 0.25) is 0 Å². The maximum absolute atomic E-state index is 13.5. The third-order valence-electron chi connectivity index (χ3n) is 9.45. The van der Waals surface area contributed by atoms with Crippen molar-refractivity contribution in [1.29, 1.82) is 0 Å². The fraction of sp³-hybridized carbons (Fsp3) is 0.769. The Labute approximate surface area is 195 Å². The smallest absolute Gasteiger partial charge is 0.306 e. The molecule has 0 aromatic rings. The van der Waals surface area contributed by atoms with E-state index in [4.69, 9.17) is 9.47 Å². The molecule has 3 saturated carbocycles. The number of aliphatic hydroxyl groups is 1. The van der Waals surface area contributed by atoms with E-state index in [1.54, 1.807) is 13.0 Å². The molecule has 0 aromatic heterocycles. The van der Waals surface area contributed by atoms with Gasteiger partial charge in [0.15, 0.2) is 18.0 Å². The second-order valence-corrected chi connectivity index (χ2v) is 11.0. The summed E-state index contributed by atoms with van der Waals surface area (Å²) in [5.41, 5.74) is -1.25.